The van der Waals surface area contributed by atoms with Gasteiger partial charge in [0.2, 0.25) is 0 Å². The van der Waals surface area contributed by atoms with Crippen molar-refractivity contribution in [1.29, 1.82) is 0 Å². The van der Waals surface area contributed by atoms with Crippen molar-refractivity contribution in [3.63, 3.8) is 0 Å². The second-order valence-electron chi connectivity index (χ2n) is 3.62. The number of ether oxygens (including phenoxy) is 1. The largest absolute Gasteiger partial charge is 0.480 e. The van der Waals surface area contributed by atoms with E-state index < -0.39 is 18.1 Å². The van der Waals surface area contributed by atoms with Gasteiger partial charge in [0.1, 0.15) is 6.04 Å². The Bertz CT molecular complexity index is 271. The maximum absolute atomic E-state index is 10.9. The smallest absolute Gasteiger partial charge is 0.408 e. The lowest BCUT2D eigenvalue weighted by Crippen LogP contribution is -2.58. The Hall–Kier alpha value is -1.34. The van der Waals surface area contributed by atoms with Gasteiger partial charge in [0.05, 0.1) is 6.61 Å². The van der Waals surface area contributed by atoms with Crippen LogP contribution in [0.1, 0.15) is 0 Å². The molecule has 7 heteroatoms. The first-order chi connectivity index (χ1) is 7.56. The highest BCUT2D eigenvalue weighted by molar-refractivity contribution is 5.79. The minimum Gasteiger partial charge on any atom is -0.480 e. The number of carbonyl (C=O) groups is 2. The van der Waals surface area contributed by atoms with Gasteiger partial charge in [-0.1, -0.05) is 0 Å². The third kappa shape index (κ3) is 3.07. The summed E-state index contributed by atoms with van der Waals surface area (Å²) in [6.45, 7) is 2.10. The standard InChI is InChI=1S/C9H16N2O5/c1-16-5-4-10-2-3-11(9(14)15)7(6-10)8(12)13/h7H,2-6H2,1H3,(H,12,13)(H,14,15)/t7-/m1/s1. The molecule has 0 aliphatic carbocycles. The van der Waals surface area contributed by atoms with Crippen molar-refractivity contribution in [2.45, 2.75) is 6.04 Å². The maximum Gasteiger partial charge on any atom is 0.408 e. The first kappa shape index (κ1) is 12.7. The van der Waals surface area contributed by atoms with Crippen molar-refractivity contribution < 1.29 is 24.5 Å². The van der Waals surface area contributed by atoms with E-state index in [1.807, 2.05) is 4.90 Å². The van der Waals surface area contributed by atoms with Gasteiger partial charge in [0.15, 0.2) is 0 Å². The van der Waals surface area contributed by atoms with Crippen LogP contribution in [0.4, 0.5) is 4.79 Å². The molecule has 2 N–H and O–H groups in total. The van der Waals surface area contributed by atoms with Crippen LogP contribution in [0.15, 0.2) is 0 Å². The van der Waals surface area contributed by atoms with Crippen molar-refractivity contribution in [2.75, 3.05) is 39.9 Å². The lowest BCUT2D eigenvalue weighted by Gasteiger charge is -2.37. The van der Waals surface area contributed by atoms with Crippen LogP contribution in [-0.2, 0) is 9.53 Å². The summed E-state index contributed by atoms with van der Waals surface area (Å²) in [4.78, 5) is 24.6. The quantitative estimate of drug-likeness (QED) is 0.671. The molecule has 16 heavy (non-hydrogen) atoms. The number of carboxylic acid groups (broad SMARTS) is 2. The molecule has 1 rings (SSSR count). The molecule has 0 bridgehead atoms. The van der Waals surface area contributed by atoms with Crippen molar-refractivity contribution >= 4 is 12.1 Å². The van der Waals surface area contributed by atoms with Gasteiger partial charge in [-0.2, -0.15) is 0 Å². The Morgan fingerprint density at radius 3 is 2.56 bits per heavy atom. The van der Waals surface area contributed by atoms with Gasteiger partial charge in [0, 0.05) is 33.3 Å². The molecule has 1 fully saturated rings. The molecule has 1 aliphatic rings. The number of rotatable bonds is 4. The zero-order valence-corrected chi connectivity index (χ0v) is 9.13. The fourth-order valence-corrected chi connectivity index (χ4v) is 1.70. The summed E-state index contributed by atoms with van der Waals surface area (Å²) < 4.78 is 4.90. The van der Waals surface area contributed by atoms with Crippen LogP contribution in [-0.4, -0.2) is 78.0 Å². The van der Waals surface area contributed by atoms with E-state index in [-0.39, 0.29) is 13.1 Å². The molecule has 7 nitrogen and oxygen atoms in total. The summed E-state index contributed by atoms with van der Waals surface area (Å²) in [5.41, 5.74) is 0. The van der Waals surface area contributed by atoms with E-state index in [1.54, 1.807) is 7.11 Å². The van der Waals surface area contributed by atoms with Gasteiger partial charge < -0.3 is 14.9 Å². The first-order valence-electron chi connectivity index (χ1n) is 5.00. The zero-order chi connectivity index (χ0) is 12.1. The number of hydrogen-bond donors (Lipinski definition) is 2. The lowest BCUT2D eigenvalue weighted by atomic mass is 10.2. The molecular formula is C9H16N2O5. The van der Waals surface area contributed by atoms with E-state index in [1.165, 1.54) is 0 Å². The molecule has 0 radical (unpaired) electrons. The fraction of sp³-hybridized carbons (Fsp3) is 0.778. The van der Waals surface area contributed by atoms with Gasteiger partial charge >= 0.3 is 12.1 Å². The summed E-state index contributed by atoms with van der Waals surface area (Å²) in [5, 5.41) is 17.8. The summed E-state index contributed by atoms with van der Waals surface area (Å²) in [6, 6.07) is -0.983. The van der Waals surface area contributed by atoms with Crippen LogP contribution in [0.3, 0.4) is 0 Å². The second-order valence-corrected chi connectivity index (χ2v) is 3.62. The number of methoxy groups -OCH3 is 1. The minimum absolute atomic E-state index is 0.213. The van der Waals surface area contributed by atoms with E-state index in [0.29, 0.717) is 19.7 Å². The average molecular weight is 232 g/mol. The molecule has 0 saturated carbocycles. The predicted molar refractivity (Wildman–Crippen MR) is 54.5 cm³/mol. The predicted octanol–water partition coefficient (Wildman–Crippen LogP) is -0.618. The molecule has 1 aliphatic heterocycles. The number of nitrogens with zero attached hydrogens (tertiary/aromatic N) is 2. The van der Waals surface area contributed by atoms with E-state index >= 15 is 0 Å². The number of amides is 1. The SMILES string of the molecule is COCCN1CCN(C(=O)O)[C@@H](C(=O)O)C1. The van der Waals surface area contributed by atoms with Crippen LogP contribution in [0.25, 0.3) is 0 Å². The van der Waals surface area contributed by atoms with Crippen LogP contribution >= 0.6 is 0 Å². The van der Waals surface area contributed by atoms with E-state index in [2.05, 4.69) is 0 Å². The highest BCUT2D eigenvalue weighted by atomic mass is 16.5. The van der Waals surface area contributed by atoms with Crippen LogP contribution < -0.4 is 0 Å². The molecule has 0 unspecified atom stereocenters. The van der Waals surface area contributed by atoms with Crippen molar-refractivity contribution in [1.82, 2.24) is 9.80 Å². The summed E-state index contributed by atoms with van der Waals surface area (Å²) in [5.74, 6) is -1.11. The average Bonchev–Trinajstić information content (AvgIpc) is 2.25. The zero-order valence-electron chi connectivity index (χ0n) is 9.13. The van der Waals surface area contributed by atoms with E-state index in [9.17, 15) is 9.59 Å². The molecule has 1 amide bonds. The van der Waals surface area contributed by atoms with Crippen LogP contribution in [0.5, 0.6) is 0 Å². The van der Waals surface area contributed by atoms with Crippen molar-refractivity contribution in [3.8, 4) is 0 Å². The lowest BCUT2D eigenvalue weighted by molar-refractivity contribution is -0.145. The van der Waals surface area contributed by atoms with Crippen LogP contribution in [0, 0.1) is 0 Å². The molecule has 0 aromatic heterocycles. The Balaban J connectivity index is 2.58. The van der Waals surface area contributed by atoms with Gasteiger partial charge in [-0.25, -0.2) is 9.59 Å². The number of aliphatic carboxylic acids is 1. The van der Waals surface area contributed by atoms with Gasteiger partial charge in [-0.15, -0.1) is 0 Å². The Morgan fingerprint density at radius 2 is 2.06 bits per heavy atom. The van der Waals surface area contributed by atoms with Crippen molar-refractivity contribution in [3.05, 3.63) is 0 Å². The number of carboxylic acids is 1. The summed E-state index contributed by atoms with van der Waals surface area (Å²) >= 11 is 0. The molecule has 1 atom stereocenters. The molecule has 1 heterocycles. The molecule has 92 valence electrons. The molecule has 1 saturated heterocycles. The van der Waals surface area contributed by atoms with Crippen molar-refractivity contribution in [2.24, 2.45) is 0 Å². The Kier molecular flexibility index (Phi) is 4.51. The number of hydrogen-bond acceptors (Lipinski definition) is 4. The second kappa shape index (κ2) is 5.66. The molecule has 0 aromatic carbocycles. The Morgan fingerprint density at radius 1 is 1.38 bits per heavy atom. The van der Waals surface area contributed by atoms with Gasteiger partial charge in [-0.05, 0) is 0 Å². The van der Waals surface area contributed by atoms with E-state index in [4.69, 9.17) is 14.9 Å². The van der Waals surface area contributed by atoms with Crippen LogP contribution in [0.2, 0.25) is 0 Å². The maximum atomic E-state index is 10.9. The third-order valence-corrected chi connectivity index (χ3v) is 2.61. The highest BCUT2D eigenvalue weighted by Crippen LogP contribution is 2.10. The van der Waals surface area contributed by atoms with E-state index in [0.717, 1.165) is 4.90 Å². The highest BCUT2D eigenvalue weighted by Gasteiger charge is 2.34. The summed E-state index contributed by atoms with van der Waals surface area (Å²) in [7, 11) is 1.57. The summed E-state index contributed by atoms with van der Waals surface area (Å²) in [6.07, 6.45) is -1.18. The monoisotopic (exact) mass is 232 g/mol. The third-order valence-electron chi connectivity index (χ3n) is 2.61. The fourth-order valence-electron chi connectivity index (χ4n) is 1.70. The van der Waals surface area contributed by atoms with Gasteiger partial charge in [-0.3, -0.25) is 9.80 Å². The molecule has 0 aromatic rings. The first-order valence-corrected chi connectivity index (χ1v) is 5.00. The molecular weight excluding hydrogens is 216 g/mol. The van der Waals surface area contributed by atoms with Gasteiger partial charge in [0.25, 0.3) is 0 Å². The Labute approximate surface area is 93.2 Å². The molecule has 0 spiro atoms. The minimum atomic E-state index is -1.18. The topological polar surface area (TPSA) is 90.3 Å². The normalized spacial score (nSPS) is 22.1. The number of piperazine rings is 1.